The highest BCUT2D eigenvalue weighted by molar-refractivity contribution is 7.99. The Morgan fingerprint density at radius 2 is 2.12 bits per heavy atom. The van der Waals surface area contributed by atoms with E-state index in [0.717, 1.165) is 41.7 Å². The van der Waals surface area contributed by atoms with Gasteiger partial charge < -0.3 is 14.4 Å². The third-order valence-corrected chi connectivity index (χ3v) is 5.05. The van der Waals surface area contributed by atoms with E-state index >= 15 is 0 Å². The van der Waals surface area contributed by atoms with Crippen LogP contribution >= 0.6 is 11.8 Å². The van der Waals surface area contributed by atoms with Gasteiger partial charge in [0.1, 0.15) is 0 Å². The highest BCUT2D eigenvalue weighted by Gasteiger charge is 2.16. The molecule has 0 fully saturated rings. The van der Waals surface area contributed by atoms with Crippen LogP contribution in [0.4, 0.5) is 0 Å². The van der Waals surface area contributed by atoms with E-state index in [1.807, 2.05) is 24.4 Å². The zero-order valence-corrected chi connectivity index (χ0v) is 14.5. The number of amides is 1. The summed E-state index contributed by atoms with van der Waals surface area (Å²) < 4.78 is 7.29. The van der Waals surface area contributed by atoms with E-state index in [9.17, 15) is 4.79 Å². The minimum atomic E-state index is -0.265. The van der Waals surface area contributed by atoms with E-state index in [2.05, 4.69) is 32.2 Å². The first-order valence-corrected chi connectivity index (χ1v) is 9.23. The largest absolute Gasteiger partial charge is 0.351 e. The molecule has 0 unspecified atom stereocenters. The van der Waals surface area contributed by atoms with Crippen LogP contribution in [0.2, 0.25) is 0 Å². The molecule has 0 radical (unpaired) electrons. The van der Waals surface area contributed by atoms with Gasteiger partial charge in [0.25, 0.3) is 5.91 Å². The number of rotatable bonds is 6. The van der Waals surface area contributed by atoms with E-state index in [0.29, 0.717) is 6.54 Å². The summed E-state index contributed by atoms with van der Waals surface area (Å²) >= 11 is 1.74. The third kappa shape index (κ3) is 3.76. The molecule has 0 aliphatic carbocycles. The fraction of sp³-hybridized carbons (Fsp3) is 0.278. The summed E-state index contributed by atoms with van der Waals surface area (Å²) in [6.45, 7) is 1.37. The average molecular weight is 354 g/mol. The number of aromatic nitrogens is 3. The molecule has 7 heteroatoms. The summed E-state index contributed by atoms with van der Waals surface area (Å²) in [6.07, 6.45) is 3.60. The van der Waals surface area contributed by atoms with Crippen molar-refractivity contribution < 1.29 is 9.32 Å². The van der Waals surface area contributed by atoms with Crippen LogP contribution in [-0.2, 0) is 25.9 Å². The smallest absolute Gasteiger partial charge is 0.290 e. The van der Waals surface area contributed by atoms with Crippen LogP contribution in [0.1, 0.15) is 27.5 Å². The molecule has 3 aromatic rings. The van der Waals surface area contributed by atoms with Gasteiger partial charge in [-0.15, -0.1) is 0 Å². The Bertz CT molecular complexity index is 851. The molecule has 0 bridgehead atoms. The number of nitrogens with one attached hydrogen (secondary N) is 1. The van der Waals surface area contributed by atoms with Crippen LogP contribution in [0.5, 0.6) is 0 Å². The molecule has 6 nitrogen and oxygen atoms in total. The number of thioether (sulfide) groups is 1. The highest BCUT2D eigenvalue weighted by Crippen LogP contribution is 2.24. The molecule has 1 amide bonds. The standard InChI is InChI=1S/C18H18N4O2S/c23-17(19-11-15-12-22-8-9-25-18(22)20-15)16-10-14(21-24-16)7-6-13-4-2-1-3-5-13/h1-5,10,12H,6-9,11H2,(H,19,23). The van der Waals surface area contributed by atoms with Gasteiger partial charge in [-0.3, -0.25) is 4.79 Å². The number of carbonyl (C=O) groups excluding carboxylic acids is 1. The van der Waals surface area contributed by atoms with Crippen molar-refractivity contribution in [3.05, 3.63) is 65.3 Å². The molecule has 0 atom stereocenters. The second-order valence-corrected chi connectivity index (χ2v) is 6.97. The minimum Gasteiger partial charge on any atom is -0.351 e. The van der Waals surface area contributed by atoms with Gasteiger partial charge in [0, 0.05) is 24.6 Å². The Labute approximate surface area is 149 Å². The number of carbonyl (C=O) groups is 1. The summed E-state index contributed by atoms with van der Waals surface area (Å²) in [6, 6.07) is 11.9. The van der Waals surface area contributed by atoms with Crippen LogP contribution in [0, 0.1) is 0 Å². The fourth-order valence-electron chi connectivity index (χ4n) is 2.76. The molecule has 3 heterocycles. The molecule has 25 heavy (non-hydrogen) atoms. The second kappa shape index (κ2) is 7.14. The molecule has 1 N–H and O–H groups in total. The Hall–Kier alpha value is -2.54. The number of benzene rings is 1. The first-order valence-electron chi connectivity index (χ1n) is 8.24. The highest BCUT2D eigenvalue weighted by atomic mass is 32.2. The second-order valence-electron chi connectivity index (χ2n) is 5.91. The summed E-state index contributed by atoms with van der Waals surface area (Å²) in [5.41, 5.74) is 2.88. The van der Waals surface area contributed by atoms with Gasteiger partial charge in [-0.2, -0.15) is 0 Å². The average Bonchev–Trinajstić information content (AvgIpc) is 3.34. The van der Waals surface area contributed by atoms with Crippen molar-refractivity contribution in [2.45, 2.75) is 31.1 Å². The Morgan fingerprint density at radius 3 is 2.96 bits per heavy atom. The molecular weight excluding hydrogens is 336 g/mol. The third-order valence-electron chi connectivity index (χ3n) is 4.08. The first kappa shape index (κ1) is 16.0. The van der Waals surface area contributed by atoms with Crippen molar-refractivity contribution in [1.29, 1.82) is 0 Å². The van der Waals surface area contributed by atoms with Crippen LogP contribution in [0.15, 0.2) is 52.3 Å². The molecule has 0 saturated heterocycles. The normalized spacial score (nSPS) is 13.0. The molecule has 1 aliphatic rings. The first-order chi connectivity index (χ1) is 12.3. The Kier molecular flexibility index (Phi) is 4.56. The summed E-state index contributed by atoms with van der Waals surface area (Å²) in [5.74, 6) is 1.04. The number of nitrogens with zero attached hydrogens (tertiary/aromatic N) is 3. The van der Waals surface area contributed by atoms with Crippen LogP contribution in [0.3, 0.4) is 0 Å². The number of aryl methyl sites for hydroxylation is 3. The lowest BCUT2D eigenvalue weighted by Gasteiger charge is -1.99. The lowest BCUT2D eigenvalue weighted by atomic mass is 10.1. The van der Waals surface area contributed by atoms with E-state index < -0.39 is 0 Å². The zero-order valence-electron chi connectivity index (χ0n) is 13.6. The minimum absolute atomic E-state index is 0.240. The maximum Gasteiger partial charge on any atom is 0.290 e. The van der Waals surface area contributed by atoms with Crippen molar-refractivity contribution in [3.8, 4) is 0 Å². The van der Waals surface area contributed by atoms with Gasteiger partial charge in [-0.1, -0.05) is 47.3 Å². The van der Waals surface area contributed by atoms with Gasteiger partial charge >= 0.3 is 0 Å². The number of imidazole rings is 1. The number of hydrogen-bond donors (Lipinski definition) is 1. The quantitative estimate of drug-likeness (QED) is 0.737. The maximum atomic E-state index is 12.2. The summed E-state index contributed by atoms with van der Waals surface area (Å²) in [5, 5.41) is 7.84. The topological polar surface area (TPSA) is 73.0 Å². The molecule has 2 aromatic heterocycles. The van der Waals surface area contributed by atoms with Crippen molar-refractivity contribution in [2.75, 3.05) is 5.75 Å². The fourth-order valence-corrected chi connectivity index (χ4v) is 3.72. The predicted molar refractivity (Wildman–Crippen MR) is 94.5 cm³/mol. The molecule has 0 spiro atoms. The van der Waals surface area contributed by atoms with Crippen LogP contribution < -0.4 is 5.32 Å². The van der Waals surface area contributed by atoms with Crippen molar-refractivity contribution >= 4 is 17.7 Å². The SMILES string of the molecule is O=C(NCc1cn2c(n1)SCC2)c1cc(CCc2ccccc2)no1. The molecule has 128 valence electrons. The van der Waals surface area contributed by atoms with Gasteiger partial charge in [0.05, 0.1) is 17.9 Å². The number of fused-ring (bicyclic) bond motifs is 1. The Morgan fingerprint density at radius 1 is 1.24 bits per heavy atom. The van der Waals surface area contributed by atoms with Gasteiger partial charge in [-0.05, 0) is 18.4 Å². The molecular formula is C18H18N4O2S. The zero-order chi connectivity index (χ0) is 17.1. The van der Waals surface area contributed by atoms with Gasteiger partial charge in [0.2, 0.25) is 5.76 Å². The van der Waals surface area contributed by atoms with Crippen molar-refractivity contribution in [1.82, 2.24) is 20.0 Å². The maximum absolute atomic E-state index is 12.2. The lowest BCUT2D eigenvalue weighted by Crippen LogP contribution is -2.22. The monoisotopic (exact) mass is 354 g/mol. The summed E-state index contributed by atoms with van der Waals surface area (Å²) in [4.78, 5) is 16.7. The van der Waals surface area contributed by atoms with E-state index in [-0.39, 0.29) is 11.7 Å². The van der Waals surface area contributed by atoms with Crippen LogP contribution in [0.25, 0.3) is 0 Å². The molecule has 1 aromatic carbocycles. The van der Waals surface area contributed by atoms with Gasteiger partial charge in [0.15, 0.2) is 5.16 Å². The van der Waals surface area contributed by atoms with Crippen LogP contribution in [-0.4, -0.2) is 26.4 Å². The molecule has 4 rings (SSSR count). The van der Waals surface area contributed by atoms with E-state index in [4.69, 9.17) is 4.52 Å². The van der Waals surface area contributed by atoms with E-state index in [1.54, 1.807) is 17.8 Å². The Balaban J connectivity index is 1.30. The molecule has 1 aliphatic heterocycles. The van der Waals surface area contributed by atoms with E-state index in [1.165, 1.54) is 5.56 Å². The van der Waals surface area contributed by atoms with Crippen molar-refractivity contribution in [2.24, 2.45) is 0 Å². The molecule has 0 saturated carbocycles. The number of hydrogen-bond acceptors (Lipinski definition) is 5. The van der Waals surface area contributed by atoms with Crippen molar-refractivity contribution in [3.63, 3.8) is 0 Å². The predicted octanol–water partition coefficient (Wildman–Crippen LogP) is 2.69. The lowest BCUT2D eigenvalue weighted by molar-refractivity contribution is 0.0913. The van der Waals surface area contributed by atoms with Gasteiger partial charge in [-0.25, -0.2) is 4.98 Å². The summed E-state index contributed by atoms with van der Waals surface area (Å²) in [7, 11) is 0.